The summed E-state index contributed by atoms with van der Waals surface area (Å²) in [6.45, 7) is 1.15. The Hall–Kier alpha value is -2.23. The van der Waals surface area contributed by atoms with Crippen LogP contribution in [0.5, 0.6) is 17.2 Å². The summed E-state index contributed by atoms with van der Waals surface area (Å²) in [6, 6.07) is 9.61. The standard InChI is InChI=1S/C18H24N4O3.HI/c1-19-18(22-12-14-7-5-6-8-20-14)21-11-13-9-15(23-2)17(25-4)16(10-13)24-3;/h5-10H,11-12H2,1-4H3,(H2,19,21,22);1H. The normalized spacial score (nSPS) is 10.5. The number of hydrogen-bond donors (Lipinski definition) is 2. The van der Waals surface area contributed by atoms with E-state index in [0.29, 0.717) is 36.3 Å². The number of ether oxygens (including phenoxy) is 3. The van der Waals surface area contributed by atoms with Gasteiger partial charge in [0.25, 0.3) is 0 Å². The van der Waals surface area contributed by atoms with Gasteiger partial charge >= 0.3 is 0 Å². The molecule has 26 heavy (non-hydrogen) atoms. The summed E-state index contributed by atoms with van der Waals surface area (Å²) in [7, 11) is 6.51. The van der Waals surface area contributed by atoms with Crippen molar-refractivity contribution in [2.45, 2.75) is 13.1 Å². The van der Waals surface area contributed by atoms with E-state index in [9.17, 15) is 0 Å². The number of rotatable bonds is 7. The number of nitrogens with zero attached hydrogens (tertiary/aromatic N) is 2. The predicted octanol–water partition coefficient (Wildman–Crippen LogP) is 2.59. The first-order chi connectivity index (χ1) is 12.2. The Balaban J connectivity index is 0.00000338. The van der Waals surface area contributed by atoms with Crippen molar-refractivity contribution in [2.24, 2.45) is 4.99 Å². The molecule has 0 aliphatic carbocycles. The summed E-state index contributed by atoms with van der Waals surface area (Å²) >= 11 is 0. The van der Waals surface area contributed by atoms with Crippen molar-refractivity contribution in [3.63, 3.8) is 0 Å². The van der Waals surface area contributed by atoms with Crippen molar-refractivity contribution in [1.82, 2.24) is 15.6 Å². The molecule has 1 aromatic carbocycles. The minimum atomic E-state index is 0. The Labute approximate surface area is 171 Å². The summed E-state index contributed by atoms with van der Waals surface area (Å²) in [5, 5.41) is 6.48. The lowest BCUT2D eigenvalue weighted by Crippen LogP contribution is -2.36. The molecule has 1 heterocycles. The molecule has 1 aromatic heterocycles. The van der Waals surface area contributed by atoms with E-state index in [1.165, 1.54) is 0 Å². The Morgan fingerprint density at radius 2 is 1.65 bits per heavy atom. The molecule has 0 saturated carbocycles. The average molecular weight is 472 g/mol. The number of aromatic nitrogens is 1. The lowest BCUT2D eigenvalue weighted by atomic mass is 10.2. The molecule has 7 nitrogen and oxygen atoms in total. The third kappa shape index (κ3) is 5.94. The van der Waals surface area contributed by atoms with E-state index in [1.54, 1.807) is 34.6 Å². The fourth-order valence-electron chi connectivity index (χ4n) is 2.32. The molecule has 0 aliphatic heterocycles. The molecule has 0 fully saturated rings. The number of methoxy groups -OCH3 is 3. The summed E-state index contributed by atoms with van der Waals surface area (Å²) in [6.07, 6.45) is 1.77. The van der Waals surface area contributed by atoms with Crippen molar-refractivity contribution < 1.29 is 14.2 Å². The maximum Gasteiger partial charge on any atom is 0.203 e. The molecule has 2 aromatic rings. The van der Waals surface area contributed by atoms with Gasteiger partial charge in [0.05, 0.1) is 33.6 Å². The van der Waals surface area contributed by atoms with Crippen molar-refractivity contribution in [2.75, 3.05) is 28.4 Å². The molecule has 0 amide bonds. The number of nitrogens with one attached hydrogen (secondary N) is 2. The molecule has 2 N–H and O–H groups in total. The molecular formula is C18H25IN4O3. The van der Waals surface area contributed by atoms with E-state index in [4.69, 9.17) is 14.2 Å². The van der Waals surface area contributed by atoms with Crippen molar-refractivity contribution >= 4 is 29.9 Å². The van der Waals surface area contributed by atoms with Gasteiger partial charge in [-0.15, -0.1) is 24.0 Å². The van der Waals surface area contributed by atoms with Crippen LogP contribution in [0.2, 0.25) is 0 Å². The van der Waals surface area contributed by atoms with Gasteiger partial charge in [0.15, 0.2) is 17.5 Å². The number of benzene rings is 1. The van der Waals surface area contributed by atoms with Crippen LogP contribution in [0.15, 0.2) is 41.5 Å². The quantitative estimate of drug-likeness (QED) is 0.367. The Morgan fingerprint density at radius 3 is 2.15 bits per heavy atom. The van der Waals surface area contributed by atoms with Crippen LogP contribution < -0.4 is 24.8 Å². The number of aliphatic imine (C=N–C) groups is 1. The highest BCUT2D eigenvalue weighted by molar-refractivity contribution is 14.0. The van der Waals surface area contributed by atoms with E-state index in [-0.39, 0.29) is 24.0 Å². The smallest absolute Gasteiger partial charge is 0.203 e. The summed E-state index contributed by atoms with van der Waals surface area (Å²) in [5.74, 6) is 2.50. The van der Waals surface area contributed by atoms with Gasteiger partial charge in [-0.25, -0.2) is 0 Å². The van der Waals surface area contributed by atoms with Gasteiger partial charge in [-0.1, -0.05) is 6.07 Å². The summed E-state index contributed by atoms with van der Waals surface area (Å²) < 4.78 is 16.1. The Bertz CT molecular complexity index is 686. The maximum absolute atomic E-state index is 5.37. The zero-order valence-electron chi connectivity index (χ0n) is 15.4. The molecule has 8 heteroatoms. The SMILES string of the molecule is CN=C(NCc1cc(OC)c(OC)c(OC)c1)NCc1ccccn1.I. The fraction of sp³-hybridized carbons (Fsp3) is 0.333. The van der Waals surface area contributed by atoms with Gasteiger partial charge in [-0.2, -0.15) is 0 Å². The second kappa shape index (κ2) is 11.4. The summed E-state index contributed by atoms with van der Waals surface area (Å²) in [4.78, 5) is 8.49. The van der Waals surface area contributed by atoms with Gasteiger partial charge in [0.1, 0.15) is 0 Å². The lowest BCUT2D eigenvalue weighted by molar-refractivity contribution is 0.323. The van der Waals surface area contributed by atoms with Gasteiger partial charge in [-0.3, -0.25) is 9.98 Å². The molecule has 0 unspecified atom stereocenters. The highest BCUT2D eigenvalue weighted by Crippen LogP contribution is 2.38. The molecular weight excluding hydrogens is 447 g/mol. The van der Waals surface area contributed by atoms with Crippen LogP contribution in [0.25, 0.3) is 0 Å². The zero-order chi connectivity index (χ0) is 18.1. The van der Waals surface area contributed by atoms with Crippen LogP contribution in [0, 0.1) is 0 Å². The van der Waals surface area contributed by atoms with Gasteiger partial charge in [0.2, 0.25) is 5.75 Å². The average Bonchev–Trinajstić information content (AvgIpc) is 2.67. The van der Waals surface area contributed by atoms with Crippen LogP contribution >= 0.6 is 24.0 Å². The monoisotopic (exact) mass is 472 g/mol. The molecule has 0 bridgehead atoms. The van der Waals surface area contributed by atoms with Crippen LogP contribution in [-0.4, -0.2) is 39.3 Å². The number of guanidine groups is 1. The number of hydrogen-bond acceptors (Lipinski definition) is 5. The second-order valence-corrected chi connectivity index (χ2v) is 5.13. The zero-order valence-corrected chi connectivity index (χ0v) is 17.7. The Morgan fingerprint density at radius 1 is 1.00 bits per heavy atom. The molecule has 0 spiro atoms. The number of halogens is 1. The highest BCUT2D eigenvalue weighted by atomic mass is 127. The molecule has 0 atom stereocenters. The molecule has 2 rings (SSSR count). The molecule has 0 aliphatic rings. The summed E-state index contributed by atoms with van der Waals surface area (Å²) in [5.41, 5.74) is 1.92. The number of pyridine rings is 1. The molecule has 142 valence electrons. The Kier molecular flexibility index (Phi) is 9.56. The van der Waals surface area contributed by atoms with Crippen LogP contribution in [-0.2, 0) is 13.1 Å². The maximum atomic E-state index is 5.37. The van der Waals surface area contributed by atoms with Crippen LogP contribution in [0.1, 0.15) is 11.3 Å². The van der Waals surface area contributed by atoms with Gasteiger partial charge in [0, 0.05) is 19.8 Å². The predicted molar refractivity (Wildman–Crippen MR) is 113 cm³/mol. The minimum Gasteiger partial charge on any atom is -0.493 e. The van der Waals surface area contributed by atoms with Crippen LogP contribution in [0.4, 0.5) is 0 Å². The van der Waals surface area contributed by atoms with E-state index in [1.807, 2.05) is 30.3 Å². The largest absolute Gasteiger partial charge is 0.493 e. The molecule has 0 saturated heterocycles. The third-order valence-electron chi connectivity index (χ3n) is 3.57. The van der Waals surface area contributed by atoms with Crippen molar-refractivity contribution in [3.05, 3.63) is 47.8 Å². The first kappa shape index (κ1) is 21.8. The van der Waals surface area contributed by atoms with E-state index >= 15 is 0 Å². The van der Waals surface area contributed by atoms with E-state index in [0.717, 1.165) is 11.3 Å². The third-order valence-corrected chi connectivity index (χ3v) is 3.57. The molecule has 0 radical (unpaired) electrons. The van der Waals surface area contributed by atoms with Crippen molar-refractivity contribution in [1.29, 1.82) is 0 Å². The van der Waals surface area contributed by atoms with Crippen LogP contribution in [0.3, 0.4) is 0 Å². The first-order valence-corrected chi connectivity index (χ1v) is 7.85. The van der Waals surface area contributed by atoms with Gasteiger partial charge < -0.3 is 24.8 Å². The van der Waals surface area contributed by atoms with Crippen molar-refractivity contribution in [3.8, 4) is 17.2 Å². The minimum absolute atomic E-state index is 0. The van der Waals surface area contributed by atoms with E-state index in [2.05, 4.69) is 20.6 Å². The fourth-order valence-corrected chi connectivity index (χ4v) is 2.32. The lowest BCUT2D eigenvalue weighted by Gasteiger charge is -2.15. The van der Waals surface area contributed by atoms with E-state index < -0.39 is 0 Å². The van der Waals surface area contributed by atoms with Gasteiger partial charge in [-0.05, 0) is 29.8 Å². The topological polar surface area (TPSA) is 77.0 Å². The first-order valence-electron chi connectivity index (χ1n) is 7.85. The second-order valence-electron chi connectivity index (χ2n) is 5.13. The highest BCUT2D eigenvalue weighted by Gasteiger charge is 2.13.